The van der Waals surface area contributed by atoms with Gasteiger partial charge in [-0.25, -0.2) is 4.98 Å². The summed E-state index contributed by atoms with van der Waals surface area (Å²) in [5, 5.41) is 8.16. The van der Waals surface area contributed by atoms with E-state index in [0.717, 1.165) is 45.1 Å². The molecule has 0 bridgehead atoms. The first-order valence-electron chi connectivity index (χ1n) is 16.7. The molecule has 2 unspecified atom stereocenters. The Kier molecular flexibility index (Phi) is 5.25. The van der Waals surface area contributed by atoms with Gasteiger partial charge in [0, 0.05) is 63.4 Å². The number of nitrogens with one attached hydrogen (secondary N) is 1. The van der Waals surface area contributed by atoms with Crippen molar-refractivity contribution in [2.24, 2.45) is 11.8 Å². The number of rotatable bonds is 2. The van der Waals surface area contributed by atoms with Gasteiger partial charge in [-0.05, 0) is 63.3 Å². The molecule has 4 heteroatoms. The van der Waals surface area contributed by atoms with Gasteiger partial charge in [0.1, 0.15) is 0 Å². The van der Waals surface area contributed by atoms with Gasteiger partial charge in [0.25, 0.3) is 0 Å². The van der Waals surface area contributed by atoms with E-state index in [1.165, 1.54) is 60.9 Å². The van der Waals surface area contributed by atoms with E-state index in [4.69, 9.17) is 15.0 Å². The van der Waals surface area contributed by atoms with Crippen LogP contribution in [-0.2, 0) is 0 Å². The lowest BCUT2D eigenvalue weighted by molar-refractivity contribution is 0.569. The number of hydrogen-bond acceptors (Lipinski definition) is 4. The van der Waals surface area contributed by atoms with Gasteiger partial charge in [-0.15, -0.1) is 0 Å². The highest BCUT2D eigenvalue weighted by molar-refractivity contribution is 6.15. The third-order valence-electron chi connectivity index (χ3n) is 10.7. The maximum Gasteiger partial charge on any atom is 0.0978 e. The molecule has 0 fully saturated rings. The molecule has 4 heterocycles. The maximum absolute atomic E-state index is 5.19. The third-order valence-corrected chi connectivity index (χ3v) is 10.7. The van der Waals surface area contributed by atoms with Crippen molar-refractivity contribution in [1.29, 1.82) is 0 Å². The van der Waals surface area contributed by atoms with E-state index in [-0.39, 0.29) is 11.8 Å². The summed E-state index contributed by atoms with van der Waals surface area (Å²) in [5.41, 5.74) is 16.7. The average Bonchev–Trinajstić information content (AvgIpc) is 3.15. The van der Waals surface area contributed by atoms with Gasteiger partial charge in [0.2, 0.25) is 0 Å². The first-order chi connectivity index (χ1) is 23.8. The number of allylic oxidation sites excluding steroid dienone is 14. The summed E-state index contributed by atoms with van der Waals surface area (Å²) >= 11 is 0. The summed E-state index contributed by atoms with van der Waals surface area (Å²) < 4.78 is 0. The Labute approximate surface area is 277 Å². The standard InChI is InChI=1S/C44H28N4/c1-2-10-37-34(8-1)40(35-20-15-27-6-3-21-45-41(27)44(35)48-37)32-19-14-26-12-17-30-29(16-11-25-13-18-31(32)39(26)38(25)30)36-24-28-7-4-22-46-42(28)43-33(36)9-5-23-47-43/h1-21,23-24,38-39,46H,22H2. The van der Waals surface area contributed by atoms with Crippen LogP contribution in [-0.4, -0.2) is 21.5 Å². The van der Waals surface area contributed by atoms with Gasteiger partial charge >= 0.3 is 0 Å². The number of anilines is 1. The van der Waals surface area contributed by atoms with E-state index in [1.54, 1.807) is 0 Å². The number of pyridine rings is 3. The molecule has 5 aliphatic rings. The average molecular weight is 613 g/mol. The van der Waals surface area contributed by atoms with Gasteiger partial charge in [0.05, 0.1) is 27.8 Å². The molecule has 11 rings (SSSR count). The smallest absolute Gasteiger partial charge is 0.0978 e. The molecule has 0 radical (unpaired) electrons. The highest BCUT2D eigenvalue weighted by atomic mass is 14.9. The Morgan fingerprint density at radius 1 is 0.646 bits per heavy atom. The predicted molar refractivity (Wildman–Crippen MR) is 198 cm³/mol. The van der Waals surface area contributed by atoms with Crippen molar-refractivity contribution in [3.63, 3.8) is 0 Å². The SMILES string of the molecule is C1=Cc2cc(C3=C4C=CC5=CC=C(c6c7ccccc7nc7c6ccc6cccnc67)C6=CC=C(C=C3)C4C56)c3cccnc3c2NC1. The van der Waals surface area contributed by atoms with Crippen LogP contribution >= 0.6 is 0 Å². The lowest BCUT2D eigenvalue weighted by atomic mass is 9.61. The van der Waals surface area contributed by atoms with Gasteiger partial charge in [-0.1, -0.05) is 103 Å². The fourth-order valence-corrected chi connectivity index (χ4v) is 8.68. The minimum atomic E-state index is 0.217. The summed E-state index contributed by atoms with van der Waals surface area (Å²) in [6, 6.07) is 23.7. The van der Waals surface area contributed by atoms with E-state index >= 15 is 0 Å². The molecule has 4 nitrogen and oxygen atoms in total. The van der Waals surface area contributed by atoms with E-state index in [0.29, 0.717) is 0 Å². The fraction of sp³-hybridized carbons (Fsp3) is 0.0682. The monoisotopic (exact) mass is 612 g/mol. The molecule has 6 aromatic rings. The molecule has 48 heavy (non-hydrogen) atoms. The summed E-state index contributed by atoms with van der Waals surface area (Å²) in [6.45, 7) is 0.821. The Morgan fingerprint density at radius 2 is 1.48 bits per heavy atom. The van der Waals surface area contributed by atoms with Gasteiger partial charge in [-0.3, -0.25) is 9.97 Å². The van der Waals surface area contributed by atoms with Gasteiger partial charge < -0.3 is 5.32 Å². The molecular weight excluding hydrogens is 585 g/mol. The Morgan fingerprint density at radius 3 is 2.46 bits per heavy atom. The molecule has 0 amide bonds. The second-order valence-electron chi connectivity index (χ2n) is 13.1. The zero-order valence-corrected chi connectivity index (χ0v) is 26.0. The minimum Gasteiger partial charge on any atom is -0.379 e. The van der Waals surface area contributed by atoms with Gasteiger partial charge in [0.15, 0.2) is 0 Å². The minimum absolute atomic E-state index is 0.217. The number of hydrogen-bond donors (Lipinski definition) is 1. The Balaban J connectivity index is 1.13. The van der Waals surface area contributed by atoms with Crippen molar-refractivity contribution in [3.8, 4) is 0 Å². The Bertz CT molecular complexity index is 2730. The van der Waals surface area contributed by atoms with Crippen molar-refractivity contribution < 1.29 is 0 Å². The number of para-hydroxylation sites is 1. The molecule has 1 N–H and O–H groups in total. The quantitative estimate of drug-likeness (QED) is 0.156. The molecule has 224 valence electrons. The van der Waals surface area contributed by atoms with Crippen LogP contribution < -0.4 is 5.32 Å². The number of aromatic nitrogens is 3. The number of fused-ring (bicyclic) bond motifs is 7. The highest BCUT2D eigenvalue weighted by Crippen LogP contribution is 2.55. The summed E-state index contributed by atoms with van der Waals surface area (Å²) in [4.78, 5) is 14.9. The molecule has 4 aliphatic carbocycles. The maximum atomic E-state index is 5.19. The molecule has 0 saturated heterocycles. The summed E-state index contributed by atoms with van der Waals surface area (Å²) in [7, 11) is 0. The zero-order valence-electron chi connectivity index (χ0n) is 26.0. The van der Waals surface area contributed by atoms with E-state index in [1.807, 2.05) is 18.5 Å². The van der Waals surface area contributed by atoms with Gasteiger partial charge in [-0.2, -0.15) is 0 Å². The third kappa shape index (κ3) is 3.52. The van der Waals surface area contributed by atoms with Crippen LogP contribution in [0.2, 0.25) is 0 Å². The van der Waals surface area contributed by atoms with Crippen molar-refractivity contribution in [1.82, 2.24) is 15.0 Å². The normalized spacial score (nSPS) is 20.3. The van der Waals surface area contributed by atoms with Crippen molar-refractivity contribution in [3.05, 3.63) is 173 Å². The number of benzene rings is 3. The molecule has 3 aromatic heterocycles. The summed E-state index contributed by atoms with van der Waals surface area (Å²) in [6.07, 6.45) is 27.0. The van der Waals surface area contributed by atoms with Crippen LogP contribution in [0, 0.1) is 11.8 Å². The second-order valence-corrected chi connectivity index (χ2v) is 13.1. The Hall–Kier alpha value is -6.13. The molecule has 2 atom stereocenters. The van der Waals surface area contributed by atoms with Crippen LogP contribution in [0.1, 0.15) is 16.7 Å². The van der Waals surface area contributed by atoms with Crippen LogP contribution in [0.5, 0.6) is 0 Å². The molecule has 0 saturated carbocycles. The lowest BCUT2D eigenvalue weighted by Crippen LogP contribution is -2.30. The van der Waals surface area contributed by atoms with Crippen LogP contribution in [0.4, 0.5) is 5.69 Å². The lowest BCUT2D eigenvalue weighted by Gasteiger charge is -2.42. The molecule has 1 aliphatic heterocycles. The summed E-state index contributed by atoms with van der Waals surface area (Å²) in [5.74, 6) is 0.442. The van der Waals surface area contributed by atoms with Crippen molar-refractivity contribution in [2.45, 2.75) is 0 Å². The zero-order chi connectivity index (χ0) is 31.3. The van der Waals surface area contributed by atoms with Crippen LogP contribution in [0.15, 0.2) is 156 Å². The van der Waals surface area contributed by atoms with E-state index in [2.05, 4.69) is 127 Å². The van der Waals surface area contributed by atoms with E-state index < -0.39 is 0 Å². The molecule has 0 spiro atoms. The largest absolute Gasteiger partial charge is 0.379 e. The molecule has 3 aromatic carbocycles. The first kappa shape index (κ1) is 26.0. The first-order valence-corrected chi connectivity index (χ1v) is 16.7. The van der Waals surface area contributed by atoms with Crippen LogP contribution in [0.3, 0.4) is 0 Å². The second kappa shape index (κ2) is 9.69. The predicted octanol–water partition coefficient (Wildman–Crippen LogP) is 9.94. The van der Waals surface area contributed by atoms with Crippen molar-refractivity contribution >= 4 is 66.5 Å². The van der Waals surface area contributed by atoms with Crippen molar-refractivity contribution in [2.75, 3.05) is 11.9 Å². The number of nitrogens with zero attached hydrogens (tertiary/aromatic N) is 3. The van der Waals surface area contributed by atoms with Crippen LogP contribution in [0.25, 0.3) is 60.8 Å². The van der Waals surface area contributed by atoms with E-state index in [9.17, 15) is 0 Å². The topological polar surface area (TPSA) is 50.7 Å². The molecular formula is C44H28N4. The fourth-order valence-electron chi connectivity index (χ4n) is 8.68. The highest BCUT2D eigenvalue weighted by Gasteiger charge is 2.41.